The van der Waals surface area contributed by atoms with E-state index in [1.54, 1.807) is 0 Å². The van der Waals surface area contributed by atoms with Crippen LogP contribution in [0.4, 0.5) is 0 Å². The second-order valence-electron chi connectivity index (χ2n) is 6.17. The number of hydrogen-bond acceptors (Lipinski definition) is 1. The molecule has 3 fully saturated rings. The molecule has 0 unspecified atom stereocenters. The lowest BCUT2D eigenvalue weighted by molar-refractivity contribution is -0.143. The van der Waals surface area contributed by atoms with Crippen LogP contribution in [-0.4, -0.2) is 11.1 Å². The summed E-state index contributed by atoms with van der Waals surface area (Å²) in [7, 11) is 0. The molecule has 0 atom stereocenters. The molecule has 92 valence electrons. The summed E-state index contributed by atoms with van der Waals surface area (Å²) in [5.74, 6) is -0.594. The van der Waals surface area contributed by atoms with Crippen LogP contribution in [0.3, 0.4) is 0 Å². The van der Waals surface area contributed by atoms with Gasteiger partial charge in [-0.2, -0.15) is 0 Å². The van der Waals surface area contributed by atoms with Gasteiger partial charge in [-0.3, -0.25) is 4.79 Å². The largest absolute Gasteiger partial charge is 0.481 e. The first-order chi connectivity index (χ1) is 7.60. The maximum atomic E-state index is 10.9. The SMILES string of the molecule is CCCCC12CCC(CC(=O)O)(CC1)CC2. The molecule has 2 bridgehead atoms. The Morgan fingerprint density at radius 1 is 1.06 bits per heavy atom. The summed E-state index contributed by atoms with van der Waals surface area (Å²) in [6.45, 7) is 2.26. The van der Waals surface area contributed by atoms with Crippen molar-refractivity contribution in [2.24, 2.45) is 10.8 Å². The minimum Gasteiger partial charge on any atom is -0.481 e. The van der Waals surface area contributed by atoms with E-state index >= 15 is 0 Å². The van der Waals surface area contributed by atoms with E-state index in [2.05, 4.69) is 6.92 Å². The first-order valence-corrected chi connectivity index (χ1v) is 6.82. The zero-order valence-corrected chi connectivity index (χ0v) is 10.4. The molecule has 0 spiro atoms. The van der Waals surface area contributed by atoms with Crippen LogP contribution >= 0.6 is 0 Å². The highest BCUT2D eigenvalue weighted by Crippen LogP contribution is 2.59. The maximum absolute atomic E-state index is 10.9. The molecule has 2 nitrogen and oxygen atoms in total. The van der Waals surface area contributed by atoms with Crippen LogP contribution in [0, 0.1) is 10.8 Å². The van der Waals surface area contributed by atoms with E-state index < -0.39 is 5.97 Å². The van der Waals surface area contributed by atoms with Crippen molar-refractivity contribution in [2.75, 3.05) is 0 Å². The molecule has 0 aliphatic heterocycles. The fourth-order valence-electron chi connectivity index (χ4n) is 3.85. The molecule has 0 amide bonds. The summed E-state index contributed by atoms with van der Waals surface area (Å²) in [4.78, 5) is 10.9. The molecule has 3 rings (SSSR count). The lowest BCUT2D eigenvalue weighted by Gasteiger charge is -2.53. The Balaban J connectivity index is 1.94. The fraction of sp³-hybridized carbons (Fsp3) is 0.929. The monoisotopic (exact) mass is 224 g/mol. The van der Waals surface area contributed by atoms with Gasteiger partial charge in [-0.05, 0) is 55.8 Å². The van der Waals surface area contributed by atoms with E-state index in [1.165, 1.54) is 57.8 Å². The summed E-state index contributed by atoms with van der Waals surface area (Å²) in [6.07, 6.45) is 11.8. The molecule has 3 aliphatic rings. The van der Waals surface area contributed by atoms with Gasteiger partial charge in [-0.1, -0.05) is 19.8 Å². The van der Waals surface area contributed by atoms with Gasteiger partial charge in [0.25, 0.3) is 0 Å². The summed E-state index contributed by atoms with van der Waals surface area (Å²) in [5, 5.41) is 8.98. The zero-order chi connectivity index (χ0) is 11.6. The van der Waals surface area contributed by atoms with Crippen LogP contribution in [0.1, 0.15) is 71.1 Å². The summed E-state index contributed by atoms with van der Waals surface area (Å²) in [6, 6.07) is 0. The van der Waals surface area contributed by atoms with E-state index in [1.807, 2.05) is 0 Å². The molecular weight excluding hydrogens is 200 g/mol. The minimum atomic E-state index is -0.594. The lowest BCUT2D eigenvalue weighted by atomic mass is 9.52. The number of carboxylic acid groups (broad SMARTS) is 1. The van der Waals surface area contributed by atoms with Gasteiger partial charge in [-0.25, -0.2) is 0 Å². The van der Waals surface area contributed by atoms with Gasteiger partial charge in [0.2, 0.25) is 0 Å². The van der Waals surface area contributed by atoms with Crippen LogP contribution in [-0.2, 0) is 4.79 Å². The molecule has 0 saturated heterocycles. The molecule has 0 aromatic heterocycles. The van der Waals surface area contributed by atoms with Crippen molar-refractivity contribution < 1.29 is 9.90 Å². The molecule has 0 aromatic rings. The van der Waals surface area contributed by atoms with Crippen molar-refractivity contribution in [3.05, 3.63) is 0 Å². The minimum absolute atomic E-state index is 0.180. The van der Waals surface area contributed by atoms with Crippen molar-refractivity contribution in [3.63, 3.8) is 0 Å². The third kappa shape index (κ3) is 2.26. The molecule has 3 saturated carbocycles. The molecule has 1 N–H and O–H groups in total. The molecule has 0 radical (unpaired) electrons. The third-order valence-electron chi connectivity index (χ3n) is 5.14. The Morgan fingerprint density at radius 2 is 1.56 bits per heavy atom. The van der Waals surface area contributed by atoms with E-state index in [9.17, 15) is 4.79 Å². The number of rotatable bonds is 5. The highest BCUT2D eigenvalue weighted by Gasteiger charge is 2.48. The summed E-state index contributed by atoms with van der Waals surface area (Å²) >= 11 is 0. The third-order valence-corrected chi connectivity index (χ3v) is 5.14. The van der Waals surface area contributed by atoms with Gasteiger partial charge in [0.05, 0.1) is 6.42 Å². The topological polar surface area (TPSA) is 37.3 Å². The normalized spacial score (nSPS) is 37.6. The predicted molar refractivity (Wildman–Crippen MR) is 64.3 cm³/mol. The average molecular weight is 224 g/mol. The molecule has 0 aromatic carbocycles. The van der Waals surface area contributed by atoms with Gasteiger partial charge in [0.1, 0.15) is 0 Å². The van der Waals surface area contributed by atoms with E-state index in [4.69, 9.17) is 5.11 Å². The van der Waals surface area contributed by atoms with Crippen molar-refractivity contribution in [2.45, 2.75) is 71.1 Å². The van der Waals surface area contributed by atoms with Crippen LogP contribution in [0.2, 0.25) is 0 Å². The van der Waals surface area contributed by atoms with Gasteiger partial charge in [0, 0.05) is 0 Å². The smallest absolute Gasteiger partial charge is 0.303 e. The molecule has 0 heterocycles. The van der Waals surface area contributed by atoms with E-state index in [0.29, 0.717) is 11.8 Å². The number of hydrogen-bond donors (Lipinski definition) is 1. The van der Waals surface area contributed by atoms with Gasteiger partial charge >= 0.3 is 5.97 Å². The standard InChI is InChI=1S/C14H24O2/c1-2-3-4-13-5-8-14(9-6-13,10-7-13)11-12(15)16/h2-11H2,1H3,(H,15,16). The quantitative estimate of drug-likeness (QED) is 0.766. The van der Waals surface area contributed by atoms with Crippen LogP contribution in [0.25, 0.3) is 0 Å². The van der Waals surface area contributed by atoms with Crippen molar-refractivity contribution in [1.29, 1.82) is 0 Å². The number of fused-ring (bicyclic) bond motifs is 3. The second-order valence-corrected chi connectivity index (χ2v) is 6.17. The summed E-state index contributed by atoms with van der Waals surface area (Å²) < 4.78 is 0. The predicted octanol–water partition coefficient (Wildman–Crippen LogP) is 3.99. The number of aliphatic carboxylic acids is 1. The fourth-order valence-corrected chi connectivity index (χ4v) is 3.85. The molecule has 3 aliphatic carbocycles. The Kier molecular flexibility index (Phi) is 3.27. The summed E-state index contributed by atoms with van der Waals surface area (Å²) in [5.41, 5.74) is 0.788. The Hall–Kier alpha value is -0.530. The van der Waals surface area contributed by atoms with Gasteiger partial charge in [-0.15, -0.1) is 0 Å². The van der Waals surface area contributed by atoms with Crippen LogP contribution in [0.5, 0.6) is 0 Å². The molecule has 2 heteroatoms. The maximum Gasteiger partial charge on any atom is 0.303 e. The van der Waals surface area contributed by atoms with Crippen molar-refractivity contribution in [1.82, 2.24) is 0 Å². The first kappa shape index (κ1) is 11.9. The lowest BCUT2D eigenvalue weighted by Crippen LogP contribution is -2.42. The number of carboxylic acids is 1. The highest BCUT2D eigenvalue weighted by molar-refractivity contribution is 5.67. The van der Waals surface area contributed by atoms with E-state index in [0.717, 1.165) is 0 Å². The van der Waals surface area contributed by atoms with Crippen molar-refractivity contribution >= 4 is 5.97 Å². The van der Waals surface area contributed by atoms with Crippen LogP contribution in [0.15, 0.2) is 0 Å². The van der Waals surface area contributed by atoms with Crippen molar-refractivity contribution in [3.8, 4) is 0 Å². The highest BCUT2D eigenvalue weighted by atomic mass is 16.4. The van der Waals surface area contributed by atoms with Gasteiger partial charge in [0.15, 0.2) is 0 Å². The first-order valence-electron chi connectivity index (χ1n) is 6.82. The Bertz CT molecular complexity index is 245. The Morgan fingerprint density at radius 3 is 2.00 bits per heavy atom. The zero-order valence-electron chi connectivity index (χ0n) is 10.4. The van der Waals surface area contributed by atoms with Gasteiger partial charge < -0.3 is 5.11 Å². The number of unbranched alkanes of at least 4 members (excludes halogenated alkanes) is 1. The van der Waals surface area contributed by atoms with E-state index in [-0.39, 0.29) is 5.41 Å². The average Bonchev–Trinajstić information content (AvgIpc) is 2.28. The molecule has 16 heavy (non-hydrogen) atoms. The second kappa shape index (κ2) is 4.38. The Labute approximate surface area is 98.4 Å². The molecular formula is C14H24O2. The number of carbonyl (C=O) groups is 1. The van der Waals surface area contributed by atoms with Crippen LogP contribution < -0.4 is 0 Å².